The number of piperazine rings is 1. The van der Waals surface area contributed by atoms with Crippen LogP contribution in [0.1, 0.15) is 30.2 Å². The average molecular weight is 309 g/mol. The third-order valence-electron chi connectivity index (χ3n) is 4.15. The van der Waals surface area contributed by atoms with Crippen molar-refractivity contribution in [2.45, 2.75) is 25.9 Å². The van der Waals surface area contributed by atoms with E-state index in [2.05, 4.69) is 4.90 Å². The van der Waals surface area contributed by atoms with Crippen LogP contribution in [0.3, 0.4) is 0 Å². The molecule has 0 atom stereocenters. The normalized spacial score (nSPS) is 17.3. The molecule has 124 valence electrons. The molecule has 1 aromatic heterocycles. The molecular formula is C16H27N3O3. The summed E-state index contributed by atoms with van der Waals surface area (Å²) in [6.07, 6.45) is 0. The number of aliphatic hydroxyl groups excluding tert-OH is 1. The maximum atomic E-state index is 12.5. The summed E-state index contributed by atoms with van der Waals surface area (Å²) in [5.74, 6) is 1.16. The minimum absolute atomic E-state index is 0.0496. The molecule has 0 radical (unpaired) electrons. The van der Waals surface area contributed by atoms with Crippen LogP contribution in [-0.2, 0) is 6.54 Å². The summed E-state index contributed by atoms with van der Waals surface area (Å²) in [5.41, 5.74) is -0.237. The third-order valence-corrected chi connectivity index (χ3v) is 4.15. The van der Waals surface area contributed by atoms with E-state index < -0.39 is 0 Å². The lowest BCUT2D eigenvalue weighted by Gasteiger charge is -2.42. The second-order valence-corrected chi connectivity index (χ2v) is 6.75. The number of hydrogen-bond acceptors (Lipinski definition) is 5. The van der Waals surface area contributed by atoms with Crippen molar-refractivity contribution < 1.29 is 14.3 Å². The molecule has 2 heterocycles. The molecule has 0 bridgehead atoms. The number of aliphatic hydroxyl groups is 1. The number of furan rings is 1. The second-order valence-electron chi connectivity index (χ2n) is 6.75. The van der Waals surface area contributed by atoms with E-state index >= 15 is 0 Å². The molecular weight excluding hydrogens is 282 g/mol. The Morgan fingerprint density at radius 2 is 1.91 bits per heavy atom. The van der Waals surface area contributed by atoms with Gasteiger partial charge in [0.15, 0.2) is 5.76 Å². The number of carbonyl (C=O) groups is 1. The topological polar surface area (TPSA) is 60.2 Å². The van der Waals surface area contributed by atoms with Crippen LogP contribution in [0.15, 0.2) is 16.5 Å². The molecule has 6 heteroatoms. The van der Waals surface area contributed by atoms with Crippen molar-refractivity contribution in [3.63, 3.8) is 0 Å². The van der Waals surface area contributed by atoms with Crippen LogP contribution < -0.4 is 0 Å². The smallest absolute Gasteiger partial charge is 0.289 e. The lowest BCUT2D eigenvalue weighted by atomic mass is 10.0. The number of amides is 1. The van der Waals surface area contributed by atoms with E-state index in [0.29, 0.717) is 25.4 Å². The minimum Gasteiger partial charge on any atom is -0.455 e. The Balaban J connectivity index is 1.94. The number of nitrogens with zero attached hydrogens (tertiary/aromatic N) is 3. The fourth-order valence-electron chi connectivity index (χ4n) is 2.66. The molecule has 1 aromatic rings. The van der Waals surface area contributed by atoms with Crippen molar-refractivity contribution in [2.75, 3.05) is 46.9 Å². The Labute approximate surface area is 132 Å². The first-order valence-corrected chi connectivity index (χ1v) is 7.72. The van der Waals surface area contributed by atoms with Gasteiger partial charge >= 0.3 is 0 Å². The molecule has 22 heavy (non-hydrogen) atoms. The van der Waals surface area contributed by atoms with E-state index in [1.165, 1.54) is 0 Å². The molecule has 0 aliphatic carbocycles. The maximum Gasteiger partial charge on any atom is 0.289 e. The summed E-state index contributed by atoms with van der Waals surface area (Å²) in [4.78, 5) is 18.5. The quantitative estimate of drug-likeness (QED) is 0.874. The number of carbonyl (C=O) groups excluding carboxylic acids is 1. The Kier molecular flexibility index (Phi) is 5.26. The Morgan fingerprint density at radius 1 is 1.27 bits per heavy atom. The highest BCUT2D eigenvalue weighted by molar-refractivity contribution is 5.91. The molecule has 0 aromatic carbocycles. The van der Waals surface area contributed by atoms with Crippen molar-refractivity contribution in [2.24, 2.45) is 0 Å². The van der Waals surface area contributed by atoms with Gasteiger partial charge in [-0.1, -0.05) is 0 Å². The standard InChI is InChI=1S/C16H27N3O3/c1-16(2,12-20)19-9-7-18(8-10-19)15(21)14-6-5-13(22-14)11-17(3)4/h5-6,20H,7-12H2,1-4H3. The van der Waals surface area contributed by atoms with Gasteiger partial charge in [0, 0.05) is 31.7 Å². The Morgan fingerprint density at radius 3 is 2.45 bits per heavy atom. The largest absolute Gasteiger partial charge is 0.455 e. The Bertz CT molecular complexity index is 502. The maximum absolute atomic E-state index is 12.5. The fraction of sp³-hybridized carbons (Fsp3) is 0.688. The van der Waals surface area contributed by atoms with Crippen molar-refractivity contribution in [1.29, 1.82) is 0 Å². The van der Waals surface area contributed by atoms with Gasteiger partial charge in [0.05, 0.1) is 13.2 Å². The van der Waals surface area contributed by atoms with E-state index in [-0.39, 0.29) is 18.1 Å². The first-order valence-electron chi connectivity index (χ1n) is 7.72. The first-order chi connectivity index (χ1) is 10.3. The minimum atomic E-state index is -0.237. The van der Waals surface area contributed by atoms with Crippen LogP contribution in [0.25, 0.3) is 0 Å². The van der Waals surface area contributed by atoms with Gasteiger partial charge < -0.3 is 19.3 Å². The molecule has 1 fully saturated rings. The molecule has 0 unspecified atom stereocenters. The molecule has 1 saturated heterocycles. The van der Waals surface area contributed by atoms with Crippen molar-refractivity contribution in [3.8, 4) is 0 Å². The predicted octanol–water partition coefficient (Wildman–Crippen LogP) is 0.870. The highest BCUT2D eigenvalue weighted by atomic mass is 16.4. The molecule has 1 amide bonds. The van der Waals surface area contributed by atoms with Crippen molar-refractivity contribution in [3.05, 3.63) is 23.7 Å². The van der Waals surface area contributed by atoms with Crippen LogP contribution in [0.2, 0.25) is 0 Å². The van der Waals surface area contributed by atoms with Crippen LogP contribution in [0.5, 0.6) is 0 Å². The first kappa shape index (κ1) is 17.0. The molecule has 0 spiro atoms. The molecule has 0 saturated carbocycles. The van der Waals surface area contributed by atoms with Gasteiger partial charge in [0.25, 0.3) is 5.91 Å². The SMILES string of the molecule is CN(C)Cc1ccc(C(=O)N2CCN(C(C)(C)CO)CC2)o1. The average Bonchev–Trinajstić information content (AvgIpc) is 2.94. The third kappa shape index (κ3) is 3.88. The Hall–Kier alpha value is -1.37. The summed E-state index contributed by atoms with van der Waals surface area (Å²) in [6.45, 7) is 7.70. The summed E-state index contributed by atoms with van der Waals surface area (Å²) in [7, 11) is 3.93. The number of hydrogen-bond donors (Lipinski definition) is 1. The summed E-state index contributed by atoms with van der Waals surface area (Å²) in [6, 6.07) is 3.61. The van der Waals surface area contributed by atoms with Crippen molar-refractivity contribution in [1.82, 2.24) is 14.7 Å². The summed E-state index contributed by atoms with van der Waals surface area (Å²) < 4.78 is 5.64. The van der Waals surface area contributed by atoms with Gasteiger partial charge in [0.2, 0.25) is 0 Å². The van der Waals surface area contributed by atoms with E-state index in [1.54, 1.807) is 6.07 Å². The van der Waals surface area contributed by atoms with Gasteiger partial charge in [-0.05, 0) is 40.1 Å². The van der Waals surface area contributed by atoms with E-state index in [9.17, 15) is 9.90 Å². The van der Waals surface area contributed by atoms with Crippen LogP contribution in [0, 0.1) is 0 Å². The lowest BCUT2D eigenvalue weighted by molar-refractivity contribution is 0.0153. The van der Waals surface area contributed by atoms with Gasteiger partial charge in [-0.25, -0.2) is 0 Å². The van der Waals surface area contributed by atoms with Gasteiger partial charge in [-0.2, -0.15) is 0 Å². The molecule has 1 aliphatic rings. The van der Waals surface area contributed by atoms with Crippen LogP contribution in [-0.4, -0.2) is 78.1 Å². The highest BCUT2D eigenvalue weighted by Gasteiger charge is 2.31. The fourth-order valence-corrected chi connectivity index (χ4v) is 2.66. The van der Waals surface area contributed by atoms with Crippen LogP contribution >= 0.6 is 0 Å². The predicted molar refractivity (Wildman–Crippen MR) is 84.7 cm³/mol. The van der Waals surface area contributed by atoms with E-state index in [1.807, 2.05) is 43.8 Å². The molecule has 2 rings (SSSR count). The van der Waals surface area contributed by atoms with Gasteiger partial charge in [-0.3, -0.25) is 9.69 Å². The summed E-state index contributed by atoms with van der Waals surface area (Å²) in [5, 5.41) is 9.43. The van der Waals surface area contributed by atoms with Gasteiger partial charge in [0.1, 0.15) is 5.76 Å². The van der Waals surface area contributed by atoms with E-state index in [0.717, 1.165) is 18.8 Å². The zero-order chi connectivity index (χ0) is 16.3. The second kappa shape index (κ2) is 6.81. The molecule has 1 aliphatic heterocycles. The highest BCUT2D eigenvalue weighted by Crippen LogP contribution is 2.18. The molecule has 1 N–H and O–H groups in total. The monoisotopic (exact) mass is 309 g/mol. The van der Waals surface area contributed by atoms with E-state index in [4.69, 9.17) is 4.42 Å². The zero-order valence-corrected chi connectivity index (χ0v) is 14.0. The molecule has 6 nitrogen and oxygen atoms in total. The van der Waals surface area contributed by atoms with Crippen LogP contribution in [0.4, 0.5) is 0 Å². The zero-order valence-electron chi connectivity index (χ0n) is 14.0. The lowest BCUT2D eigenvalue weighted by Crippen LogP contribution is -2.57. The summed E-state index contributed by atoms with van der Waals surface area (Å²) >= 11 is 0. The van der Waals surface area contributed by atoms with Crippen molar-refractivity contribution >= 4 is 5.91 Å². The number of rotatable bonds is 5. The van der Waals surface area contributed by atoms with Gasteiger partial charge in [-0.15, -0.1) is 0 Å².